The van der Waals surface area contributed by atoms with Gasteiger partial charge in [-0.25, -0.2) is 0 Å². The van der Waals surface area contributed by atoms with Gasteiger partial charge in [0.25, 0.3) is 0 Å². The molecule has 1 fully saturated rings. The number of carbonyl (C=O) groups excluding carboxylic acids is 1. The molecule has 2 aromatic rings. The van der Waals surface area contributed by atoms with Crippen LogP contribution in [-0.2, 0) is 4.79 Å². The van der Waals surface area contributed by atoms with Gasteiger partial charge in [0.05, 0.1) is 4.92 Å². The molecule has 0 aromatic heterocycles. The molecular formula is C18H18FN3O3. The molecular weight excluding hydrogens is 325 g/mol. The maximum absolute atomic E-state index is 13.4. The highest BCUT2D eigenvalue weighted by molar-refractivity contribution is 5.93. The van der Waals surface area contributed by atoms with E-state index >= 15 is 0 Å². The minimum Gasteiger partial charge on any atom is -0.371 e. The first-order valence-corrected chi connectivity index (χ1v) is 8.09. The van der Waals surface area contributed by atoms with Crippen molar-refractivity contribution in [3.05, 3.63) is 64.5 Å². The number of benzene rings is 2. The molecule has 1 saturated heterocycles. The average molecular weight is 343 g/mol. The van der Waals surface area contributed by atoms with Gasteiger partial charge in [-0.3, -0.25) is 14.9 Å². The number of para-hydroxylation sites is 1. The van der Waals surface area contributed by atoms with E-state index in [1.54, 1.807) is 0 Å². The minimum absolute atomic E-state index is 0.163. The quantitative estimate of drug-likeness (QED) is 0.680. The van der Waals surface area contributed by atoms with Gasteiger partial charge >= 0.3 is 5.69 Å². The summed E-state index contributed by atoms with van der Waals surface area (Å²) in [6.07, 6.45) is 1.40. The summed E-state index contributed by atoms with van der Waals surface area (Å²) in [5.41, 5.74) is 0.732. The number of piperidine rings is 1. The molecule has 1 N–H and O–H groups in total. The molecule has 7 heteroatoms. The van der Waals surface area contributed by atoms with E-state index in [0.717, 1.165) is 30.9 Å². The Morgan fingerprint density at radius 3 is 2.48 bits per heavy atom. The second-order valence-corrected chi connectivity index (χ2v) is 6.01. The van der Waals surface area contributed by atoms with E-state index in [2.05, 4.69) is 10.2 Å². The summed E-state index contributed by atoms with van der Waals surface area (Å²) in [7, 11) is 0. The fraction of sp³-hybridized carbons (Fsp3) is 0.278. The fourth-order valence-electron chi connectivity index (χ4n) is 3.01. The summed E-state index contributed by atoms with van der Waals surface area (Å²) < 4.78 is 13.4. The van der Waals surface area contributed by atoms with Crippen LogP contribution in [0.5, 0.6) is 0 Å². The molecule has 6 nitrogen and oxygen atoms in total. The number of carbonyl (C=O) groups is 1. The molecule has 0 radical (unpaired) electrons. The molecule has 0 atom stereocenters. The molecule has 0 spiro atoms. The van der Waals surface area contributed by atoms with Crippen LogP contribution in [0.1, 0.15) is 12.8 Å². The number of hydrogen-bond donors (Lipinski definition) is 1. The molecule has 25 heavy (non-hydrogen) atoms. The smallest absolute Gasteiger partial charge is 0.306 e. The summed E-state index contributed by atoms with van der Waals surface area (Å²) in [4.78, 5) is 24.6. The van der Waals surface area contributed by atoms with Crippen LogP contribution in [0, 0.1) is 21.8 Å². The maximum Gasteiger partial charge on any atom is 0.306 e. The van der Waals surface area contributed by atoms with Crippen molar-refractivity contribution in [2.45, 2.75) is 12.8 Å². The fourth-order valence-corrected chi connectivity index (χ4v) is 3.01. The van der Waals surface area contributed by atoms with Gasteiger partial charge in [0, 0.05) is 36.4 Å². The Kier molecular flexibility index (Phi) is 4.92. The van der Waals surface area contributed by atoms with E-state index in [1.807, 2.05) is 30.3 Å². The van der Waals surface area contributed by atoms with Crippen LogP contribution in [0.25, 0.3) is 0 Å². The number of anilines is 2. The van der Waals surface area contributed by atoms with Gasteiger partial charge < -0.3 is 10.2 Å². The minimum atomic E-state index is -0.917. The van der Waals surface area contributed by atoms with Gasteiger partial charge in [-0.15, -0.1) is 0 Å². The topological polar surface area (TPSA) is 75.5 Å². The predicted octanol–water partition coefficient (Wildman–Crippen LogP) is 3.59. The van der Waals surface area contributed by atoms with E-state index in [4.69, 9.17) is 0 Å². The Hall–Kier alpha value is -2.96. The molecule has 1 aliphatic rings. The highest BCUT2D eigenvalue weighted by Crippen LogP contribution is 2.26. The van der Waals surface area contributed by atoms with Crippen LogP contribution in [-0.4, -0.2) is 23.9 Å². The zero-order valence-corrected chi connectivity index (χ0v) is 13.5. The lowest BCUT2D eigenvalue weighted by molar-refractivity contribution is -0.387. The van der Waals surface area contributed by atoms with Crippen molar-refractivity contribution < 1.29 is 14.1 Å². The van der Waals surface area contributed by atoms with Crippen molar-refractivity contribution in [1.82, 2.24) is 0 Å². The highest BCUT2D eigenvalue weighted by atomic mass is 19.1. The van der Waals surface area contributed by atoms with Crippen molar-refractivity contribution >= 4 is 23.0 Å². The lowest BCUT2D eigenvalue weighted by Gasteiger charge is -2.33. The normalized spacial score (nSPS) is 15.0. The number of halogens is 1. The van der Waals surface area contributed by atoms with Crippen LogP contribution in [0.3, 0.4) is 0 Å². The van der Waals surface area contributed by atoms with Gasteiger partial charge in [0.15, 0.2) is 0 Å². The number of nitrogens with one attached hydrogen (secondary N) is 1. The molecule has 130 valence electrons. The third-order valence-electron chi connectivity index (χ3n) is 4.40. The zero-order valence-electron chi connectivity index (χ0n) is 13.5. The van der Waals surface area contributed by atoms with Crippen molar-refractivity contribution in [2.24, 2.45) is 5.92 Å². The zero-order chi connectivity index (χ0) is 17.8. The lowest BCUT2D eigenvalue weighted by atomic mass is 9.95. The van der Waals surface area contributed by atoms with Crippen LogP contribution in [0.2, 0.25) is 0 Å². The number of rotatable bonds is 4. The monoisotopic (exact) mass is 343 g/mol. The second kappa shape index (κ2) is 7.29. The third kappa shape index (κ3) is 3.93. The molecule has 1 aliphatic heterocycles. The first-order valence-electron chi connectivity index (χ1n) is 8.09. The number of nitro benzene ring substituents is 1. The Bertz CT molecular complexity index is 774. The Morgan fingerprint density at radius 1 is 1.16 bits per heavy atom. The van der Waals surface area contributed by atoms with Gasteiger partial charge in [-0.2, -0.15) is 4.39 Å². The van der Waals surface area contributed by atoms with Crippen LogP contribution in [0.15, 0.2) is 48.5 Å². The second-order valence-electron chi connectivity index (χ2n) is 6.01. The molecule has 1 heterocycles. The number of amides is 1. The maximum atomic E-state index is 13.4. The van der Waals surface area contributed by atoms with Crippen LogP contribution < -0.4 is 10.2 Å². The number of nitro groups is 1. The first kappa shape index (κ1) is 16.9. The van der Waals surface area contributed by atoms with Gasteiger partial charge in [-0.05, 0) is 37.1 Å². The Labute approximate surface area is 144 Å². The van der Waals surface area contributed by atoms with E-state index in [1.165, 1.54) is 6.07 Å². The Balaban J connectivity index is 1.60. The first-order chi connectivity index (χ1) is 12.0. The molecule has 0 unspecified atom stereocenters. The summed E-state index contributed by atoms with van der Waals surface area (Å²) in [6.45, 7) is 1.54. The standard InChI is InChI=1S/C18H18FN3O3/c19-16-7-6-14(12-17(16)22(24)25)20-18(23)13-8-10-21(11-9-13)15-4-2-1-3-5-15/h1-7,12-13H,8-11H2,(H,20,23). The van der Waals surface area contributed by atoms with Gasteiger partial charge in [0.2, 0.25) is 11.7 Å². The predicted molar refractivity (Wildman–Crippen MR) is 93.1 cm³/mol. The van der Waals surface area contributed by atoms with Gasteiger partial charge in [0.1, 0.15) is 0 Å². The summed E-state index contributed by atoms with van der Waals surface area (Å²) >= 11 is 0. The van der Waals surface area contributed by atoms with E-state index in [0.29, 0.717) is 12.8 Å². The molecule has 3 rings (SSSR count). The Morgan fingerprint density at radius 2 is 1.84 bits per heavy atom. The van der Waals surface area contributed by atoms with E-state index in [9.17, 15) is 19.3 Å². The van der Waals surface area contributed by atoms with Crippen molar-refractivity contribution in [3.63, 3.8) is 0 Å². The van der Waals surface area contributed by atoms with E-state index < -0.39 is 16.4 Å². The molecule has 0 aliphatic carbocycles. The highest BCUT2D eigenvalue weighted by Gasteiger charge is 2.25. The van der Waals surface area contributed by atoms with Crippen LogP contribution in [0.4, 0.5) is 21.5 Å². The molecule has 0 bridgehead atoms. The largest absolute Gasteiger partial charge is 0.371 e. The number of nitrogens with zero attached hydrogens (tertiary/aromatic N) is 2. The molecule has 1 amide bonds. The summed E-state index contributed by atoms with van der Waals surface area (Å²) in [6, 6.07) is 13.4. The van der Waals surface area contributed by atoms with Crippen LogP contribution >= 0.6 is 0 Å². The lowest BCUT2D eigenvalue weighted by Crippen LogP contribution is -2.38. The number of hydrogen-bond acceptors (Lipinski definition) is 4. The van der Waals surface area contributed by atoms with Crippen molar-refractivity contribution in [2.75, 3.05) is 23.3 Å². The van der Waals surface area contributed by atoms with Crippen molar-refractivity contribution in [1.29, 1.82) is 0 Å². The van der Waals surface area contributed by atoms with Crippen molar-refractivity contribution in [3.8, 4) is 0 Å². The SMILES string of the molecule is O=C(Nc1ccc(F)c([N+](=O)[O-])c1)C1CCN(c2ccccc2)CC1. The average Bonchev–Trinajstić information content (AvgIpc) is 2.64. The summed E-state index contributed by atoms with van der Waals surface area (Å²) in [5, 5.41) is 13.4. The third-order valence-corrected chi connectivity index (χ3v) is 4.40. The summed E-state index contributed by atoms with van der Waals surface area (Å²) in [5.74, 6) is -1.27. The van der Waals surface area contributed by atoms with Gasteiger partial charge in [-0.1, -0.05) is 18.2 Å². The molecule has 0 saturated carbocycles. The van der Waals surface area contributed by atoms with E-state index in [-0.39, 0.29) is 17.5 Å². The molecule has 2 aromatic carbocycles.